The van der Waals surface area contributed by atoms with Gasteiger partial charge in [-0.25, -0.2) is 5.10 Å². The summed E-state index contributed by atoms with van der Waals surface area (Å²) in [6.07, 6.45) is 1.35. The van der Waals surface area contributed by atoms with Crippen LogP contribution in [0.2, 0.25) is 0 Å². The summed E-state index contributed by atoms with van der Waals surface area (Å²) in [4.78, 5) is 15.2. The minimum Gasteiger partial charge on any atom is -0.294 e. The lowest BCUT2D eigenvalue weighted by Crippen LogP contribution is -2.14. The molecule has 2 aromatic heterocycles. The number of H-pyrrole nitrogens is 1. The molecule has 78 valence electrons. The minimum atomic E-state index is -0.0925. The van der Waals surface area contributed by atoms with E-state index in [1.165, 1.54) is 18.1 Å². The van der Waals surface area contributed by atoms with Crippen LogP contribution in [0.3, 0.4) is 0 Å². The molecule has 0 spiro atoms. The largest absolute Gasteiger partial charge is 0.294 e. The molecule has 5 nitrogen and oxygen atoms in total. The van der Waals surface area contributed by atoms with Crippen LogP contribution in [0.5, 0.6) is 0 Å². The third-order valence-corrected chi connectivity index (χ3v) is 3.64. The summed E-state index contributed by atoms with van der Waals surface area (Å²) in [7, 11) is 0. The molecular formula is C8H8N4OS2. The molecule has 0 bridgehead atoms. The van der Waals surface area contributed by atoms with E-state index in [9.17, 15) is 4.79 Å². The quantitative estimate of drug-likeness (QED) is 0.796. The molecule has 0 aromatic carbocycles. The summed E-state index contributed by atoms with van der Waals surface area (Å²) in [5.41, 5.74) is 0. The van der Waals surface area contributed by atoms with E-state index < -0.39 is 0 Å². The number of aromatic amines is 1. The van der Waals surface area contributed by atoms with Gasteiger partial charge in [0.2, 0.25) is 11.9 Å². The maximum Gasteiger partial charge on any atom is 0.237 e. The standard InChI is InChI=1S/C8H8N4OS2/c13-6(11-8-9-5-10-12-8)4-15-7-2-1-3-14-7/h1-3,5H,4H2,(H2,9,10,11,12,13). The van der Waals surface area contributed by atoms with Gasteiger partial charge in [-0.15, -0.1) is 23.1 Å². The summed E-state index contributed by atoms with van der Waals surface area (Å²) in [5.74, 6) is 0.665. The van der Waals surface area contributed by atoms with Gasteiger partial charge in [-0.1, -0.05) is 6.07 Å². The topological polar surface area (TPSA) is 70.7 Å². The van der Waals surface area contributed by atoms with Gasteiger partial charge in [0.1, 0.15) is 6.33 Å². The monoisotopic (exact) mass is 240 g/mol. The number of hydrogen-bond acceptors (Lipinski definition) is 5. The molecule has 15 heavy (non-hydrogen) atoms. The molecule has 2 N–H and O–H groups in total. The summed E-state index contributed by atoms with van der Waals surface area (Å²) in [6.45, 7) is 0. The predicted molar refractivity (Wildman–Crippen MR) is 60.1 cm³/mol. The lowest BCUT2D eigenvalue weighted by Gasteiger charge is -1.99. The summed E-state index contributed by atoms with van der Waals surface area (Å²) in [5, 5.41) is 10.8. The molecule has 0 unspecified atom stereocenters. The van der Waals surface area contributed by atoms with Crippen molar-refractivity contribution < 1.29 is 4.79 Å². The van der Waals surface area contributed by atoms with Crippen LogP contribution in [0, 0.1) is 0 Å². The van der Waals surface area contributed by atoms with Gasteiger partial charge in [-0.2, -0.15) is 10.1 Å². The van der Waals surface area contributed by atoms with Crippen molar-refractivity contribution in [3.63, 3.8) is 0 Å². The van der Waals surface area contributed by atoms with Crippen molar-refractivity contribution >= 4 is 35.0 Å². The van der Waals surface area contributed by atoms with E-state index in [2.05, 4.69) is 20.5 Å². The number of hydrogen-bond donors (Lipinski definition) is 2. The minimum absolute atomic E-state index is 0.0925. The van der Waals surface area contributed by atoms with E-state index >= 15 is 0 Å². The van der Waals surface area contributed by atoms with Gasteiger partial charge in [-0.05, 0) is 11.4 Å². The molecule has 2 rings (SSSR count). The zero-order chi connectivity index (χ0) is 10.5. The van der Waals surface area contributed by atoms with E-state index in [0.29, 0.717) is 11.7 Å². The second-order valence-electron chi connectivity index (χ2n) is 2.60. The first-order valence-corrected chi connectivity index (χ1v) is 6.02. The number of thiophene rings is 1. The van der Waals surface area contributed by atoms with E-state index in [0.717, 1.165) is 4.21 Å². The number of carbonyl (C=O) groups excluding carboxylic acids is 1. The molecular weight excluding hydrogens is 232 g/mol. The lowest BCUT2D eigenvalue weighted by molar-refractivity contribution is -0.113. The van der Waals surface area contributed by atoms with Gasteiger partial charge in [0.05, 0.1) is 9.96 Å². The Morgan fingerprint density at radius 2 is 2.60 bits per heavy atom. The smallest absolute Gasteiger partial charge is 0.237 e. The molecule has 0 atom stereocenters. The molecule has 0 radical (unpaired) electrons. The molecule has 0 saturated heterocycles. The Morgan fingerprint density at radius 3 is 3.27 bits per heavy atom. The Bertz CT molecular complexity index is 412. The number of nitrogens with one attached hydrogen (secondary N) is 2. The molecule has 7 heteroatoms. The molecule has 0 aliphatic rings. The molecule has 2 aromatic rings. The van der Waals surface area contributed by atoms with Gasteiger partial charge >= 0.3 is 0 Å². The van der Waals surface area contributed by atoms with Gasteiger partial charge < -0.3 is 0 Å². The Balaban J connectivity index is 1.78. The SMILES string of the molecule is O=C(CSc1cccs1)Nc1ncn[nH]1. The van der Waals surface area contributed by atoms with E-state index in [4.69, 9.17) is 0 Å². The van der Waals surface area contributed by atoms with Crippen LogP contribution in [0.4, 0.5) is 5.95 Å². The highest BCUT2D eigenvalue weighted by molar-refractivity contribution is 8.01. The van der Waals surface area contributed by atoms with Crippen LogP contribution in [-0.2, 0) is 4.79 Å². The van der Waals surface area contributed by atoms with E-state index in [-0.39, 0.29) is 5.91 Å². The lowest BCUT2D eigenvalue weighted by atomic mass is 10.7. The second kappa shape index (κ2) is 4.94. The van der Waals surface area contributed by atoms with Crippen molar-refractivity contribution in [2.24, 2.45) is 0 Å². The Morgan fingerprint density at radius 1 is 1.67 bits per heavy atom. The molecule has 0 saturated carbocycles. The van der Waals surface area contributed by atoms with Crippen molar-refractivity contribution in [2.75, 3.05) is 11.1 Å². The molecule has 1 amide bonds. The average molecular weight is 240 g/mol. The highest BCUT2D eigenvalue weighted by atomic mass is 32.2. The second-order valence-corrected chi connectivity index (χ2v) is 4.83. The number of carbonyl (C=O) groups is 1. The molecule has 0 aliphatic carbocycles. The van der Waals surface area contributed by atoms with Crippen LogP contribution >= 0.6 is 23.1 Å². The van der Waals surface area contributed by atoms with Gasteiger partial charge in [0.25, 0.3) is 0 Å². The van der Waals surface area contributed by atoms with Crippen LogP contribution in [-0.4, -0.2) is 26.8 Å². The normalized spacial score (nSPS) is 10.1. The van der Waals surface area contributed by atoms with Crippen molar-refractivity contribution in [3.05, 3.63) is 23.8 Å². The zero-order valence-electron chi connectivity index (χ0n) is 7.64. The van der Waals surface area contributed by atoms with Gasteiger partial charge in [0, 0.05) is 0 Å². The van der Waals surface area contributed by atoms with E-state index in [1.54, 1.807) is 11.3 Å². The molecule has 0 aliphatic heterocycles. The molecule has 2 heterocycles. The van der Waals surface area contributed by atoms with Gasteiger partial charge in [0.15, 0.2) is 0 Å². The first-order chi connectivity index (χ1) is 7.34. The van der Waals surface area contributed by atoms with Crippen molar-refractivity contribution in [3.8, 4) is 0 Å². The summed E-state index contributed by atoms with van der Waals surface area (Å²) >= 11 is 3.12. The van der Waals surface area contributed by atoms with E-state index in [1.807, 2.05) is 17.5 Å². The first kappa shape index (κ1) is 10.2. The fourth-order valence-corrected chi connectivity index (χ4v) is 2.50. The van der Waals surface area contributed by atoms with Crippen LogP contribution in [0.1, 0.15) is 0 Å². The van der Waals surface area contributed by atoms with Crippen LogP contribution in [0.15, 0.2) is 28.0 Å². The number of anilines is 1. The highest BCUT2D eigenvalue weighted by Crippen LogP contribution is 2.22. The van der Waals surface area contributed by atoms with Crippen molar-refractivity contribution in [2.45, 2.75) is 4.21 Å². The Labute approximate surface area is 94.3 Å². The number of thioether (sulfide) groups is 1. The first-order valence-electron chi connectivity index (χ1n) is 4.16. The summed E-state index contributed by atoms with van der Waals surface area (Å²) < 4.78 is 1.13. The maximum atomic E-state index is 11.4. The molecule has 0 fully saturated rings. The third kappa shape index (κ3) is 3.07. The Hall–Kier alpha value is -1.34. The average Bonchev–Trinajstić information content (AvgIpc) is 2.86. The number of aromatic nitrogens is 3. The number of amides is 1. The third-order valence-electron chi connectivity index (χ3n) is 1.51. The van der Waals surface area contributed by atoms with Gasteiger partial charge in [-0.3, -0.25) is 10.1 Å². The van der Waals surface area contributed by atoms with Crippen LogP contribution < -0.4 is 5.32 Å². The number of rotatable bonds is 4. The maximum absolute atomic E-state index is 11.4. The highest BCUT2D eigenvalue weighted by Gasteiger charge is 2.05. The summed E-state index contributed by atoms with van der Waals surface area (Å²) in [6, 6.07) is 3.94. The fraction of sp³-hybridized carbons (Fsp3) is 0.125. The Kier molecular flexibility index (Phi) is 3.36. The van der Waals surface area contributed by atoms with Crippen LogP contribution in [0.25, 0.3) is 0 Å². The zero-order valence-corrected chi connectivity index (χ0v) is 9.27. The number of nitrogens with zero attached hydrogens (tertiary/aromatic N) is 2. The van der Waals surface area contributed by atoms with Crippen molar-refractivity contribution in [1.82, 2.24) is 15.2 Å². The van der Waals surface area contributed by atoms with Crippen molar-refractivity contribution in [1.29, 1.82) is 0 Å². The fourth-order valence-electron chi connectivity index (χ4n) is 0.916. The predicted octanol–water partition coefficient (Wildman–Crippen LogP) is 1.60.